The molecule has 0 heterocycles. The van der Waals surface area contributed by atoms with Crippen LogP contribution in [0.2, 0.25) is 0 Å². The molecule has 0 radical (unpaired) electrons. The van der Waals surface area contributed by atoms with Crippen LogP contribution in [0.1, 0.15) is 130 Å². The fraction of sp³-hybridized carbons (Fsp3) is 0.676. The molecule has 1 atom stereocenters. The van der Waals surface area contributed by atoms with E-state index in [1.807, 2.05) is 0 Å². The van der Waals surface area contributed by atoms with Crippen LogP contribution in [0, 0.1) is 29.6 Å². The Morgan fingerprint density at radius 2 is 1.00 bits per heavy atom. The summed E-state index contributed by atoms with van der Waals surface area (Å²) in [6.45, 7) is 11.5. The fourth-order valence-electron chi connectivity index (χ4n) is 6.08. The molecule has 0 saturated heterocycles. The predicted molar refractivity (Wildman–Crippen MR) is 168 cm³/mol. The molecule has 1 unspecified atom stereocenters. The molecule has 0 heteroatoms. The van der Waals surface area contributed by atoms with Crippen LogP contribution in [0.4, 0.5) is 0 Å². The first-order chi connectivity index (χ1) is 17.5. The van der Waals surface area contributed by atoms with Crippen molar-refractivity contribution < 1.29 is 0 Å². The van der Waals surface area contributed by atoms with Crippen LogP contribution in [0.25, 0.3) is 0 Å². The minimum atomic E-state index is 0. The lowest BCUT2D eigenvalue weighted by atomic mass is 9.74. The third kappa shape index (κ3) is 14.2. The van der Waals surface area contributed by atoms with E-state index in [9.17, 15) is 0 Å². The molecule has 4 rings (SSSR count). The van der Waals surface area contributed by atoms with Gasteiger partial charge in [-0.15, -0.1) is 0 Å². The normalized spacial score (nSPS) is 23.8. The first kappa shape index (κ1) is 33.5. The molecule has 2 aliphatic carbocycles. The molecule has 0 bridgehead atoms. The van der Waals surface area contributed by atoms with Crippen LogP contribution in [-0.2, 0) is 12.8 Å². The molecule has 2 aromatic carbocycles. The van der Waals surface area contributed by atoms with Gasteiger partial charge >= 0.3 is 0 Å². The third-order valence-corrected chi connectivity index (χ3v) is 8.81. The Bertz CT molecular complexity index is 730. The monoisotopic (exact) mass is 506 g/mol. The number of benzene rings is 2. The number of unbranched alkanes of at least 4 members (excludes halogenated alkanes) is 1. The van der Waals surface area contributed by atoms with Gasteiger partial charge in [0.15, 0.2) is 0 Å². The molecular formula is C37H62. The zero-order valence-corrected chi connectivity index (χ0v) is 24.6. The van der Waals surface area contributed by atoms with E-state index in [0.29, 0.717) is 0 Å². The SMILES string of the molecule is C.CC1CCC(Cc2ccccc2)CC1.CCCC.CCCC(C)C1CCC(Cc2ccccc2)CC1. The molecule has 210 valence electrons. The highest BCUT2D eigenvalue weighted by Gasteiger charge is 2.24. The lowest BCUT2D eigenvalue weighted by Gasteiger charge is -2.32. The van der Waals surface area contributed by atoms with Crippen molar-refractivity contribution in [1.82, 2.24) is 0 Å². The Labute approximate surface area is 233 Å². The average molecular weight is 507 g/mol. The molecule has 2 saturated carbocycles. The summed E-state index contributed by atoms with van der Waals surface area (Å²) in [6, 6.07) is 22.0. The van der Waals surface area contributed by atoms with Gasteiger partial charge in [-0.05, 0) is 92.1 Å². The highest BCUT2D eigenvalue weighted by molar-refractivity contribution is 5.16. The molecule has 0 spiro atoms. The molecule has 2 fully saturated rings. The van der Waals surface area contributed by atoms with E-state index in [-0.39, 0.29) is 7.43 Å². The number of hydrogen-bond acceptors (Lipinski definition) is 0. The predicted octanol–water partition coefficient (Wildman–Crippen LogP) is 12.0. The van der Waals surface area contributed by atoms with E-state index in [1.54, 1.807) is 0 Å². The number of rotatable bonds is 8. The Kier molecular flexibility index (Phi) is 18.5. The van der Waals surface area contributed by atoms with Gasteiger partial charge in [-0.25, -0.2) is 0 Å². The van der Waals surface area contributed by atoms with Gasteiger partial charge in [0.1, 0.15) is 0 Å². The van der Waals surface area contributed by atoms with E-state index in [4.69, 9.17) is 0 Å². The van der Waals surface area contributed by atoms with Crippen molar-refractivity contribution in [3.8, 4) is 0 Å². The topological polar surface area (TPSA) is 0 Å². The molecule has 0 aromatic heterocycles. The molecule has 37 heavy (non-hydrogen) atoms. The highest BCUT2D eigenvalue weighted by atomic mass is 14.3. The largest absolute Gasteiger partial charge is 0.0776 e. The van der Waals surface area contributed by atoms with E-state index in [2.05, 4.69) is 95.3 Å². The molecule has 0 aliphatic heterocycles. The quantitative estimate of drug-likeness (QED) is 0.334. The summed E-state index contributed by atoms with van der Waals surface area (Å²) in [4.78, 5) is 0. The Morgan fingerprint density at radius 3 is 1.38 bits per heavy atom. The van der Waals surface area contributed by atoms with Crippen molar-refractivity contribution in [2.45, 2.75) is 132 Å². The maximum absolute atomic E-state index is 2.46. The standard InChI is InChI=1S/C18H28.C14H20.C4H10.CH4/c1-3-7-15(2)18-12-10-17(11-13-18)14-16-8-5-4-6-9-16;1-12-7-9-14(10-8-12)11-13-5-3-2-4-6-13;1-3-4-2;/h4-6,8-9,15,17-18H,3,7,10-14H2,1-2H3;2-6,12,14H,7-11H2,1H3;3-4H2,1-2H3;1H4. The Hall–Kier alpha value is -1.56. The molecule has 2 aliphatic rings. The smallest absolute Gasteiger partial charge is 0.0250 e. The van der Waals surface area contributed by atoms with Gasteiger partial charge < -0.3 is 0 Å². The van der Waals surface area contributed by atoms with Crippen LogP contribution >= 0.6 is 0 Å². The zero-order chi connectivity index (χ0) is 26.0. The van der Waals surface area contributed by atoms with E-state index < -0.39 is 0 Å². The minimum Gasteiger partial charge on any atom is -0.0776 e. The summed E-state index contributed by atoms with van der Waals surface area (Å²) >= 11 is 0. The van der Waals surface area contributed by atoms with Gasteiger partial charge in [0.05, 0.1) is 0 Å². The lowest BCUT2D eigenvalue weighted by Crippen LogP contribution is -2.21. The van der Waals surface area contributed by atoms with Gasteiger partial charge in [-0.2, -0.15) is 0 Å². The van der Waals surface area contributed by atoms with Crippen LogP contribution in [-0.4, -0.2) is 0 Å². The summed E-state index contributed by atoms with van der Waals surface area (Å²) in [5.41, 5.74) is 3.05. The Morgan fingerprint density at radius 1 is 0.595 bits per heavy atom. The van der Waals surface area contributed by atoms with Crippen LogP contribution in [0.15, 0.2) is 60.7 Å². The average Bonchev–Trinajstić information content (AvgIpc) is 2.92. The third-order valence-electron chi connectivity index (χ3n) is 8.81. The molecule has 0 nitrogen and oxygen atoms in total. The van der Waals surface area contributed by atoms with Crippen LogP contribution in [0.5, 0.6) is 0 Å². The fourth-order valence-corrected chi connectivity index (χ4v) is 6.08. The summed E-state index contributed by atoms with van der Waals surface area (Å²) in [5, 5.41) is 0. The van der Waals surface area contributed by atoms with Crippen molar-refractivity contribution in [2.75, 3.05) is 0 Å². The molecule has 2 aromatic rings. The van der Waals surface area contributed by atoms with Gasteiger partial charge in [-0.3, -0.25) is 0 Å². The second-order valence-electron chi connectivity index (χ2n) is 12.1. The highest BCUT2D eigenvalue weighted by Crippen LogP contribution is 2.36. The second-order valence-corrected chi connectivity index (χ2v) is 12.1. The van der Waals surface area contributed by atoms with Gasteiger partial charge in [0.25, 0.3) is 0 Å². The lowest BCUT2D eigenvalue weighted by molar-refractivity contribution is 0.205. The van der Waals surface area contributed by atoms with Gasteiger partial charge in [0.2, 0.25) is 0 Å². The van der Waals surface area contributed by atoms with Gasteiger partial charge in [0, 0.05) is 0 Å². The van der Waals surface area contributed by atoms with Crippen LogP contribution in [0.3, 0.4) is 0 Å². The van der Waals surface area contributed by atoms with Gasteiger partial charge in [-0.1, -0.05) is 141 Å². The zero-order valence-electron chi connectivity index (χ0n) is 24.6. The molecule has 0 N–H and O–H groups in total. The first-order valence-electron chi connectivity index (χ1n) is 15.6. The number of hydrogen-bond donors (Lipinski definition) is 0. The molecule has 0 amide bonds. The summed E-state index contributed by atoms with van der Waals surface area (Å²) in [5.74, 6) is 4.83. The second kappa shape index (κ2) is 20.4. The summed E-state index contributed by atoms with van der Waals surface area (Å²) in [7, 11) is 0. The van der Waals surface area contributed by atoms with Crippen molar-refractivity contribution in [2.24, 2.45) is 29.6 Å². The van der Waals surface area contributed by atoms with Crippen molar-refractivity contribution in [1.29, 1.82) is 0 Å². The van der Waals surface area contributed by atoms with Crippen LogP contribution < -0.4 is 0 Å². The molecular weight excluding hydrogens is 444 g/mol. The minimum absolute atomic E-state index is 0. The maximum atomic E-state index is 2.46. The van der Waals surface area contributed by atoms with Crippen molar-refractivity contribution in [3.63, 3.8) is 0 Å². The Balaban J connectivity index is 0.000000322. The van der Waals surface area contributed by atoms with Crippen molar-refractivity contribution >= 4 is 0 Å². The maximum Gasteiger partial charge on any atom is -0.0250 e. The van der Waals surface area contributed by atoms with E-state index >= 15 is 0 Å². The summed E-state index contributed by atoms with van der Waals surface area (Å²) < 4.78 is 0. The van der Waals surface area contributed by atoms with E-state index in [0.717, 1.165) is 29.6 Å². The van der Waals surface area contributed by atoms with E-state index in [1.165, 1.54) is 101 Å². The first-order valence-corrected chi connectivity index (χ1v) is 15.6. The summed E-state index contributed by atoms with van der Waals surface area (Å²) in [6.07, 6.45) is 19.6. The van der Waals surface area contributed by atoms with Crippen molar-refractivity contribution in [3.05, 3.63) is 71.8 Å².